The zero-order valence-electron chi connectivity index (χ0n) is 25.2. The standard InChI is InChI=1S/C40H32N3.Ir/c1-26-12-11-21-41-39(26)27-13-10-16-30(22-27)43-35-18-9-8-17-31(35)33-24-34-32-23-28(40(2,3)4)19-20-36(32)42(38(34)25-37(33)43)29-14-6-5-7-15-29;/h5-12,14-25H,1-4H3;/q-1;. The van der Waals surface area contributed by atoms with Crippen LogP contribution in [-0.2, 0) is 25.5 Å². The van der Waals surface area contributed by atoms with Crippen LogP contribution in [0.5, 0.6) is 0 Å². The molecule has 0 amide bonds. The Labute approximate surface area is 271 Å². The molecule has 0 spiro atoms. The Hall–Kier alpha value is -4.50. The minimum Gasteiger partial charge on any atom is -0.327 e. The summed E-state index contributed by atoms with van der Waals surface area (Å²) in [7, 11) is 0. The molecule has 0 aliphatic rings. The monoisotopic (exact) mass is 747 g/mol. The molecule has 8 rings (SSSR count). The van der Waals surface area contributed by atoms with E-state index >= 15 is 0 Å². The van der Waals surface area contributed by atoms with Crippen molar-refractivity contribution in [1.82, 2.24) is 14.1 Å². The minimum atomic E-state index is 0. The summed E-state index contributed by atoms with van der Waals surface area (Å²) in [6, 6.07) is 45.2. The van der Waals surface area contributed by atoms with Gasteiger partial charge in [0.2, 0.25) is 0 Å². The molecule has 0 atom stereocenters. The van der Waals surface area contributed by atoms with Crippen molar-refractivity contribution in [3.8, 4) is 22.6 Å². The summed E-state index contributed by atoms with van der Waals surface area (Å²) < 4.78 is 4.81. The molecule has 1 radical (unpaired) electrons. The average Bonchev–Trinajstić information content (AvgIpc) is 3.52. The van der Waals surface area contributed by atoms with E-state index in [0.717, 1.165) is 28.2 Å². The molecule has 0 saturated carbocycles. The Morgan fingerprint density at radius 1 is 0.591 bits per heavy atom. The maximum absolute atomic E-state index is 4.69. The van der Waals surface area contributed by atoms with Gasteiger partial charge in [0.15, 0.2) is 0 Å². The number of para-hydroxylation sites is 2. The van der Waals surface area contributed by atoms with Crippen LogP contribution in [0.25, 0.3) is 66.2 Å². The van der Waals surface area contributed by atoms with Crippen LogP contribution in [0, 0.1) is 13.0 Å². The van der Waals surface area contributed by atoms with Gasteiger partial charge in [0.25, 0.3) is 0 Å². The van der Waals surface area contributed by atoms with Gasteiger partial charge in [0, 0.05) is 53.5 Å². The van der Waals surface area contributed by atoms with Gasteiger partial charge >= 0.3 is 0 Å². The fraction of sp³-hybridized carbons (Fsp3) is 0.125. The minimum absolute atomic E-state index is 0. The van der Waals surface area contributed by atoms with E-state index in [0.29, 0.717) is 0 Å². The number of benzene rings is 5. The zero-order valence-corrected chi connectivity index (χ0v) is 27.6. The van der Waals surface area contributed by atoms with Crippen molar-refractivity contribution in [3.63, 3.8) is 0 Å². The molecular formula is C40H32IrN3-. The molecule has 3 aromatic heterocycles. The van der Waals surface area contributed by atoms with Crippen molar-refractivity contribution < 1.29 is 20.1 Å². The summed E-state index contributed by atoms with van der Waals surface area (Å²) in [5.74, 6) is 0. The molecule has 3 heterocycles. The molecule has 0 aliphatic heterocycles. The second-order valence-electron chi connectivity index (χ2n) is 12.5. The van der Waals surface area contributed by atoms with Gasteiger partial charge in [0.05, 0.1) is 22.1 Å². The molecule has 217 valence electrons. The third-order valence-electron chi connectivity index (χ3n) is 8.75. The molecule has 0 fully saturated rings. The molecule has 5 aromatic carbocycles. The van der Waals surface area contributed by atoms with Gasteiger partial charge in [-0.05, 0) is 77.8 Å². The molecule has 3 nitrogen and oxygen atoms in total. The van der Waals surface area contributed by atoms with Crippen molar-refractivity contribution in [2.75, 3.05) is 0 Å². The number of pyridine rings is 1. The Morgan fingerprint density at radius 3 is 2.05 bits per heavy atom. The van der Waals surface area contributed by atoms with E-state index in [2.05, 4.69) is 151 Å². The number of aromatic nitrogens is 3. The van der Waals surface area contributed by atoms with Gasteiger partial charge < -0.3 is 14.1 Å². The largest absolute Gasteiger partial charge is 0.327 e. The van der Waals surface area contributed by atoms with E-state index in [-0.39, 0.29) is 25.5 Å². The molecule has 0 bridgehead atoms. The molecule has 4 heteroatoms. The van der Waals surface area contributed by atoms with Crippen LogP contribution in [-0.4, -0.2) is 14.1 Å². The fourth-order valence-electron chi connectivity index (χ4n) is 6.58. The van der Waals surface area contributed by atoms with Crippen LogP contribution in [0.15, 0.2) is 121 Å². The normalized spacial score (nSPS) is 11.9. The van der Waals surface area contributed by atoms with Crippen LogP contribution < -0.4 is 0 Å². The molecule has 0 saturated heterocycles. The predicted molar refractivity (Wildman–Crippen MR) is 181 cm³/mol. The van der Waals surface area contributed by atoms with E-state index in [1.54, 1.807) is 0 Å². The summed E-state index contributed by atoms with van der Waals surface area (Å²) in [6.07, 6.45) is 1.85. The first-order chi connectivity index (χ1) is 20.9. The summed E-state index contributed by atoms with van der Waals surface area (Å²) in [5.41, 5.74) is 11.6. The topological polar surface area (TPSA) is 22.8 Å². The van der Waals surface area contributed by atoms with E-state index in [1.165, 1.54) is 49.2 Å². The van der Waals surface area contributed by atoms with Gasteiger partial charge in [-0.15, -0.1) is 29.8 Å². The Morgan fingerprint density at radius 2 is 1.27 bits per heavy atom. The summed E-state index contributed by atoms with van der Waals surface area (Å²) in [6.45, 7) is 8.96. The third-order valence-corrected chi connectivity index (χ3v) is 8.75. The fourth-order valence-corrected chi connectivity index (χ4v) is 6.58. The van der Waals surface area contributed by atoms with Crippen molar-refractivity contribution in [1.29, 1.82) is 0 Å². The third kappa shape index (κ3) is 4.40. The van der Waals surface area contributed by atoms with Crippen LogP contribution >= 0.6 is 0 Å². The summed E-state index contributed by atoms with van der Waals surface area (Å²) in [5, 5.41) is 5.05. The van der Waals surface area contributed by atoms with Gasteiger partial charge in [-0.3, -0.25) is 0 Å². The van der Waals surface area contributed by atoms with Gasteiger partial charge in [0.1, 0.15) is 0 Å². The maximum Gasteiger partial charge on any atom is 0.0562 e. The number of nitrogens with zero attached hydrogens (tertiary/aromatic N) is 3. The molecule has 0 N–H and O–H groups in total. The van der Waals surface area contributed by atoms with Crippen molar-refractivity contribution >= 4 is 43.6 Å². The Kier molecular flexibility index (Phi) is 6.81. The molecule has 44 heavy (non-hydrogen) atoms. The molecule has 8 aromatic rings. The second kappa shape index (κ2) is 10.6. The van der Waals surface area contributed by atoms with E-state index < -0.39 is 0 Å². The van der Waals surface area contributed by atoms with Crippen molar-refractivity contribution in [3.05, 3.63) is 139 Å². The van der Waals surface area contributed by atoms with E-state index in [1.807, 2.05) is 18.3 Å². The van der Waals surface area contributed by atoms with Crippen LogP contribution in [0.1, 0.15) is 31.9 Å². The second-order valence-corrected chi connectivity index (χ2v) is 12.5. The molecule has 0 aliphatic carbocycles. The molecular weight excluding hydrogens is 715 g/mol. The summed E-state index contributed by atoms with van der Waals surface area (Å²) in [4.78, 5) is 4.69. The first-order valence-corrected chi connectivity index (χ1v) is 14.9. The first kappa shape index (κ1) is 28.3. The van der Waals surface area contributed by atoms with Gasteiger partial charge in [-0.1, -0.05) is 74.9 Å². The number of aryl methyl sites for hydroxylation is 1. The van der Waals surface area contributed by atoms with Crippen molar-refractivity contribution in [2.24, 2.45) is 0 Å². The summed E-state index contributed by atoms with van der Waals surface area (Å²) >= 11 is 0. The SMILES string of the molecule is Cc1cccnc1-c1[c-]ccc(-n2c3ccccc3c3cc4c5cc(C(C)(C)C)ccc5n(-c5ccccc5)c4cc32)c1.[Ir]. The van der Waals surface area contributed by atoms with Gasteiger partial charge in [-0.25, -0.2) is 0 Å². The number of fused-ring (bicyclic) bond motifs is 6. The van der Waals surface area contributed by atoms with Gasteiger partial charge in [-0.2, -0.15) is 0 Å². The smallest absolute Gasteiger partial charge is 0.0562 e. The van der Waals surface area contributed by atoms with Crippen LogP contribution in [0.2, 0.25) is 0 Å². The number of hydrogen-bond donors (Lipinski definition) is 0. The van der Waals surface area contributed by atoms with Crippen molar-refractivity contribution in [2.45, 2.75) is 33.1 Å². The van der Waals surface area contributed by atoms with Crippen LogP contribution in [0.3, 0.4) is 0 Å². The van der Waals surface area contributed by atoms with Crippen LogP contribution in [0.4, 0.5) is 0 Å². The quantitative estimate of drug-likeness (QED) is 0.165. The maximum atomic E-state index is 4.69. The van der Waals surface area contributed by atoms with E-state index in [4.69, 9.17) is 0 Å². The number of hydrogen-bond acceptors (Lipinski definition) is 1. The Balaban J connectivity index is 0.00000312. The predicted octanol–water partition coefficient (Wildman–Crippen LogP) is 10.3. The van der Waals surface area contributed by atoms with E-state index in [9.17, 15) is 0 Å². The Bertz CT molecular complexity index is 2340. The zero-order chi connectivity index (χ0) is 29.3. The average molecular weight is 747 g/mol. The first-order valence-electron chi connectivity index (χ1n) is 14.9. The molecule has 0 unspecified atom stereocenters. The number of rotatable bonds is 3.